The third-order valence-electron chi connectivity index (χ3n) is 1.93. The Morgan fingerprint density at radius 2 is 1.82 bits per heavy atom. The molecule has 0 fully saturated rings. The van der Waals surface area contributed by atoms with E-state index in [9.17, 15) is 14.5 Å². The lowest BCUT2D eigenvalue weighted by atomic mass is 10.2. The molecule has 0 aliphatic carbocycles. The number of nitro benzene ring substituents is 1. The van der Waals surface area contributed by atoms with Gasteiger partial charge in [0.2, 0.25) is 5.82 Å². The molecule has 0 N–H and O–H groups in total. The molecule has 0 aliphatic heterocycles. The lowest BCUT2D eigenvalue weighted by Crippen LogP contribution is -1.98. The Morgan fingerprint density at radius 1 is 1.24 bits per heavy atom. The highest BCUT2D eigenvalue weighted by atomic mass is 35.5. The van der Waals surface area contributed by atoms with E-state index in [1.165, 1.54) is 0 Å². The normalized spacial score (nSPS) is 10.8. The zero-order valence-electron chi connectivity index (χ0n) is 7.75. The lowest BCUT2D eigenvalue weighted by Gasteiger charge is -2.03. The van der Waals surface area contributed by atoms with Gasteiger partial charge in [-0.15, -0.1) is 0 Å². The number of aromatic nitrogens is 2. The Labute approximate surface area is 108 Å². The largest absolute Gasteiger partial charge is 0.333 e. The third kappa shape index (κ3) is 1.99. The van der Waals surface area contributed by atoms with E-state index >= 15 is 0 Å². The van der Waals surface area contributed by atoms with Crippen molar-refractivity contribution >= 4 is 51.5 Å². The standard InChI is InChI=1S/C8HCl3FN3O2/c9-2-1-3-5(6(4(2)12)15(16)17)14-8(11)7(10)13-3/h1H. The van der Waals surface area contributed by atoms with Crippen LogP contribution in [0.1, 0.15) is 0 Å². The quantitative estimate of drug-likeness (QED) is 0.595. The van der Waals surface area contributed by atoms with E-state index in [2.05, 4.69) is 9.97 Å². The first-order valence-electron chi connectivity index (χ1n) is 4.07. The third-order valence-corrected chi connectivity index (χ3v) is 2.83. The van der Waals surface area contributed by atoms with Crippen molar-refractivity contribution in [3.63, 3.8) is 0 Å². The van der Waals surface area contributed by atoms with Crippen molar-refractivity contribution < 1.29 is 9.31 Å². The molecule has 17 heavy (non-hydrogen) atoms. The van der Waals surface area contributed by atoms with Crippen molar-refractivity contribution in [3.05, 3.63) is 37.3 Å². The zero-order valence-corrected chi connectivity index (χ0v) is 10.0. The average molecular weight is 296 g/mol. The second-order valence-corrected chi connectivity index (χ2v) is 4.07. The minimum absolute atomic E-state index is 0.00231. The highest BCUT2D eigenvalue weighted by molar-refractivity contribution is 6.40. The summed E-state index contributed by atoms with van der Waals surface area (Å²) in [6, 6.07) is 1.09. The fourth-order valence-electron chi connectivity index (χ4n) is 1.25. The van der Waals surface area contributed by atoms with Crippen LogP contribution in [0.25, 0.3) is 11.0 Å². The SMILES string of the molecule is O=[N+]([O-])c1c(F)c(Cl)cc2nc(Cl)c(Cl)nc12. The molecule has 9 heteroatoms. The molecular weight excluding hydrogens is 295 g/mol. The molecule has 0 saturated heterocycles. The number of hydrogen-bond acceptors (Lipinski definition) is 4. The Balaban J connectivity index is 2.98. The fourth-order valence-corrected chi connectivity index (χ4v) is 1.70. The van der Waals surface area contributed by atoms with Crippen LogP contribution in [0.3, 0.4) is 0 Å². The van der Waals surface area contributed by atoms with E-state index < -0.39 is 21.5 Å². The fraction of sp³-hybridized carbons (Fsp3) is 0. The molecule has 0 spiro atoms. The summed E-state index contributed by atoms with van der Waals surface area (Å²) in [5, 5.41) is 9.93. The molecule has 1 aromatic heterocycles. The van der Waals surface area contributed by atoms with Crippen LogP contribution in [0.4, 0.5) is 10.1 Å². The summed E-state index contributed by atoms with van der Waals surface area (Å²) in [5.41, 5.74) is -1.18. The summed E-state index contributed by atoms with van der Waals surface area (Å²) >= 11 is 16.7. The molecular formula is C8HCl3FN3O2. The minimum Gasteiger partial charge on any atom is -0.258 e. The van der Waals surface area contributed by atoms with E-state index in [1.54, 1.807) is 0 Å². The van der Waals surface area contributed by atoms with Crippen LogP contribution in [0, 0.1) is 15.9 Å². The number of halogens is 4. The molecule has 2 aromatic rings. The summed E-state index contributed by atoms with van der Waals surface area (Å²) in [6.07, 6.45) is 0. The summed E-state index contributed by atoms with van der Waals surface area (Å²) < 4.78 is 13.5. The van der Waals surface area contributed by atoms with Gasteiger partial charge in [0.05, 0.1) is 15.5 Å². The van der Waals surface area contributed by atoms with Gasteiger partial charge in [-0.05, 0) is 6.07 Å². The second kappa shape index (κ2) is 4.21. The van der Waals surface area contributed by atoms with Gasteiger partial charge in [0.15, 0.2) is 15.8 Å². The molecule has 1 heterocycles. The molecule has 1 aromatic carbocycles. The Bertz CT molecular complexity index is 644. The number of benzene rings is 1. The second-order valence-electron chi connectivity index (χ2n) is 2.95. The summed E-state index contributed by atoms with van der Waals surface area (Å²) in [6.45, 7) is 0. The molecule has 0 atom stereocenters. The first-order valence-corrected chi connectivity index (χ1v) is 5.20. The van der Waals surface area contributed by atoms with Crippen LogP contribution in [0.5, 0.6) is 0 Å². The predicted octanol–water partition coefficient (Wildman–Crippen LogP) is 3.64. The van der Waals surface area contributed by atoms with Crippen molar-refractivity contribution in [1.29, 1.82) is 0 Å². The average Bonchev–Trinajstić information content (AvgIpc) is 2.23. The van der Waals surface area contributed by atoms with Crippen LogP contribution in [0.15, 0.2) is 6.07 Å². The van der Waals surface area contributed by atoms with Crippen molar-refractivity contribution in [1.82, 2.24) is 9.97 Å². The summed E-state index contributed by atoms with van der Waals surface area (Å²) in [4.78, 5) is 17.2. The van der Waals surface area contributed by atoms with Crippen LogP contribution in [-0.2, 0) is 0 Å². The number of fused-ring (bicyclic) bond motifs is 1. The van der Waals surface area contributed by atoms with Gasteiger partial charge in [-0.2, -0.15) is 4.39 Å². The maximum Gasteiger partial charge on any atom is 0.333 e. The molecule has 5 nitrogen and oxygen atoms in total. The van der Waals surface area contributed by atoms with Crippen LogP contribution in [-0.4, -0.2) is 14.9 Å². The Kier molecular flexibility index (Phi) is 3.03. The maximum atomic E-state index is 13.5. The van der Waals surface area contributed by atoms with Crippen molar-refractivity contribution in [2.75, 3.05) is 0 Å². The van der Waals surface area contributed by atoms with Gasteiger partial charge in [-0.25, -0.2) is 9.97 Å². The van der Waals surface area contributed by atoms with E-state index in [4.69, 9.17) is 34.8 Å². The van der Waals surface area contributed by atoms with E-state index in [-0.39, 0.29) is 21.3 Å². The van der Waals surface area contributed by atoms with Gasteiger partial charge in [-0.1, -0.05) is 34.8 Å². The van der Waals surface area contributed by atoms with E-state index in [0.717, 1.165) is 6.07 Å². The molecule has 88 valence electrons. The smallest absolute Gasteiger partial charge is 0.258 e. The molecule has 0 bridgehead atoms. The molecule has 0 aliphatic rings. The van der Waals surface area contributed by atoms with E-state index in [0.29, 0.717) is 0 Å². The lowest BCUT2D eigenvalue weighted by molar-refractivity contribution is -0.385. The first kappa shape index (κ1) is 12.2. The minimum atomic E-state index is -1.18. The first-order chi connectivity index (χ1) is 7.91. The molecule has 2 rings (SSSR count). The number of rotatable bonds is 1. The van der Waals surface area contributed by atoms with Crippen LogP contribution < -0.4 is 0 Å². The highest BCUT2D eigenvalue weighted by Crippen LogP contribution is 2.33. The Hall–Kier alpha value is -1.24. The number of nitrogens with zero attached hydrogens (tertiary/aromatic N) is 3. The monoisotopic (exact) mass is 295 g/mol. The molecule has 0 amide bonds. The number of nitro groups is 1. The number of hydrogen-bond donors (Lipinski definition) is 0. The van der Waals surface area contributed by atoms with Gasteiger partial charge in [0, 0.05) is 0 Å². The molecule has 0 radical (unpaired) electrons. The van der Waals surface area contributed by atoms with E-state index in [1.807, 2.05) is 0 Å². The maximum absolute atomic E-state index is 13.5. The van der Waals surface area contributed by atoms with Crippen LogP contribution >= 0.6 is 34.8 Å². The molecule has 0 saturated carbocycles. The van der Waals surface area contributed by atoms with Crippen molar-refractivity contribution in [2.45, 2.75) is 0 Å². The van der Waals surface area contributed by atoms with Crippen LogP contribution in [0.2, 0.25) is 15.3 Å². The molecule has 0 unspecified atom stereocenters. The van der Waals surface area contributed by atoms with Crippen molar-refractivity contribution in [3.8, 4) is 0 Å². The Morgan fingerprint density at radius 3 is 2.41 bits per heavy atom. The predicted molar refractivity (Wildman–Crippen MR) is 61.2 cm³/mol. The van der Waals surface area contributed by atoms with Gasteiger partial charge in [0.25, 0.3) is 0 Å². The van der Waals surface area contributed by atoms with Gasteiger partial charge in [-0.3, -0.25) is 10.1 Å². The van der Waals surface area contributed by atoms with Gasteiger partial charge >= 0.3 is 5.69 Å². The summed E-state index contributed by atoms with van der Waals surface area (Å²) in [5.74, 6) is -1.18. The van der Waals surface area contributed by atoms with Gasteiger partial charge < -0.3 is 0 Å². The summed E-state index contributed by atoms with van der Waals surface area (Å²) in [7, 11) is 0. The zero-order chi connectivity index (χ0) is 12.7. The topological polar surface area (TPSA) is 68.9 Å². The van der Waals surface area contributed by atoms with Gasteiger partial charge in [0.1, 0.15) is 0 Å². The van der Waals surface area contributed by atoms with Crippen molar-refractivity contribution in [2.24, 2.45) is 0 Å². The highest BCUT2D eigenvalue weighted by Gasteiger charge is 2.25.